The van der Waals surface area contributed by atoms with Crippen molar-refractivity contribution >= 4 is 11.8 Å². The highest BCUT2D eigenvalue weighted by Crippen LogP contribution is 2.66. The highest BCUT2D eigenvalue weighted by molar-refractivity contribution is 6.09. The molecule has 2 aliphatic heterocycles. The third kappa shape index (κ3) is 2.17. The minimum Gasteiger partial charge on any atom is -0.496 e. The molecule has 0 bridgehead atoms. The van der Waals surface area contributed by atoms with E-state index in [2.05, 4.69) is 17.5 Å². The number of fused-ring (bicyclic) bond motifs is 1. The van der Waals surface area contributed by atoms with Gasteiger partial charge in [0, 0.05) is 11.1 Å². The molecule has 150 valence electrons. The van der Waals surface area contributed by atoms with Crippen molar-refractivity contribution in [1.29, 1.82) is 21.3 Å². The molecule has 2 saturated heterocycles. The molecule has 30 heavy (non-hydrogen) atoms. The van der Waals surface area contributed by atoms with Crippen LogP contribution in [0.4, 0.5) is 0 Å². The summed E-state index contributed by atoms with van der Waals surface area (Å²) in [6, 6.07) is 16.9. The first-order chi connectivity index (χ1) is 14.5. The van der Waals surface area contributed by atoms with E-state index in [9.17, 15) is 10.5 Å². The number of hydrogen-bond acceptors (Lipinski definition) is 8. The monoisotopic (exact) mass is 401 g/mol. The first kappa shape index (κ1) is 19.4. The number of nitrogens with one attached hydrogen (secondary N) is 3. The number of nitriles is 2. The van der Waals surface area contributed by atoms with Crippen LogP contribution in [0.5, 0.6) is 11.5 Å². The third-order valence-electron chi connectivity index (χ3n) is 5.99. The molecular weight excluding hydrogens is 382 g/mol. The Morgan fingerprint density at radius 1 is 0.833 bits per heavy atom. The van der Waals surface area contributed by atoms with Gasteiger partial charge in [0.1, 0.15) is 11.5 Å². The summed E-state index contributed by atoms with van der Waals surface area (Å²) in [5, 5.41) is 41.1. The maximum atomic E-state index is 10.4. The minimum absolute atomic E-state index is 0.433. The number of ether oxygens (including phenoxy) is 3. The van der Waals surface area contributed by atoms with E-state index in [1.54, 1.807) is 48.5 Å². The van der Waals surface area contributed by atoms with Crippen molar-refractivity contribution in [3.05, 3.63) is 59.7 Å². The number of hydrogen-bond donors (Lipinski definition) is 3. The number of methoxy groups -OCH3 is 2. The van der Waals surface area contributed by atoms with Gasteiger partial charge in [-0.15, -0.1) is 0 Å². The molecule has 2 aromatic rings. The van der Waals surface area contributed by atoms with E-state index in [1.165, 1.54) is 14.2 Å². The zero-order chi connectivity index (χ0) is 21.5. The third-order valence-corrected chi connectivity index (χ3v) is 5.99. The standard InChI is InChI=1S/C22H19N5O3/c1-28-15-9-5-3-7-13(15)17-21(11-23)19(25)30-20(26)22(21,12-24)18(27-17)14-8-4-6-10-16(14)29-2/h3-10,17-18,25-27H,1-2H3/t17-,18+,21+,22-. The highest BCUT2D eigenvalue weighted by atomic mass is 16.5. The lowest BCUT2D eigenvalue weighted by molar-refractivity contribution is 0.341. The summed E-state index contributed by atoms with van der Waals surface area (Å²) in [5.74, 6) is 0.140. The van der Waals surface area contributed by atoms with Gasteiger partial charge in [0.25, 0.3) is 0 Å². The van der Waals surface area contributed by atoms with Crippen LogP contribution < -0.4 is 14.8 Å². The summed E-state index contributed by atoms with van der Waals surface area (Å²) in [5.41, 5.74) is -2.33. The van der Waals surface area contributed by atoms with Gasteiger partial charge in [0.2, 0.25) is 11.8 Å². The van der Waals surface area contributed by atoms with Crippen molar-refractivity contribution in [2.75, 3.05) is 14.2 Å². The van der Waals surface area contributed by atoms with Crippen LogP contribution >= 0.6 is 0 Å². The van der Waals surface area contributed by atoms with E-state index in [0.717, 1.165) is 0 Å². The molecule has 3 N–H and O–H groups in total. The first-order valence-electron chi connectivity index (χ1n) is 9.22. The fourth-order valence-electron chi connectivity index (χ4n) is 4.62. The van der Waals surface area contributed by atoms with Crippen LogP contribution in [0.2, 0.25) is 0 Å². The lowest BCUT2D eigenvalue weighted by atomic mass is 9.60. The maximum Gasteiger partial charge on any atom is 0.213 e. The lowest BCUT2D eigenvalue weighted by Gasteiger charge is -2.30. The first-order valence-corrected chi connectivity index (χ1v) is 9.22. The Morgan fingerprint density at radius 2 is 1.23 bits per heavy atom. The van der Waals surface area contributed by atoms with E-state index >= 15 is 0 Å². The molecule has 0 aliphatic carbocycles. The minimum atomic E-state index is -1.76. The Bertz CT molecular complexity index is 1050. The van der Waals surface area contributed by atoms with Gasteiger partial charge in [-0.05, 0) is 12.1 Å². The zero-order valence-electron chi connectivity index (χ0n) is 16.4. The number of nitrogens with zero attached hydrogens (tertiary/aromatic N) is 2. The molecule has 4 rings (SSSR count). The molecule has 0 aromatic heterocycles. The summed E-state index contributed by atoms with van der Waals surface area (Å²) < 4.78 is 16.3. The van der Waals surface area contributed by atoms with Crippen LogP contribution in [-0.2, 0) is 4.74 Å². The fourth-order valence-corrected chi connectivity index (χ4v) is 4.62. The SMILES string of the molecule is COc1ccccc1[C@H]1N[C@@H](c2ccccc2OC)[C@]2(C#N)C(=N)OC(=N)[C@]12C#N. The summed E-state index contributed by atoms with van der Waals surface area (Å²) >= 11 is 0. The average molecular weight is 401 g/mol. The van der Waals surface area contributed by atoms with E-state index in [0.29, 0.717) is 22.6 Å². The van der Waals surface area contributed by atoms with E-state index in [4.69, 9.17) is 25.0 Å². The van der Waals surface area contributed by atoms with Crippen LogP contribution in [0.1, 0.15) is 23.2 Å². The predicted octanol–water partition coefficient (Wildman–Crippen LogP) is 3.09. The van der Waals surface area contributed by atoms with Gasteiger partial charge < -0.3 is 14.2 Å². The topological polar surface area (TPSA) is 135 Å². The van der Waals surface area contributed by atoms with E-state index in [1.807, 2.05) is 0 Å². The number of benzene rings is 2. The summed E-state index contributed by atoms with van der Waals surface area (Å²) in [4.78, 5) is 0. The van der Waals surface area contributed by atoms with Gasteiger partial charge in [-0.3, -0.25) is 16.1 Å². The Balaban J connectivity index is 2.04. The van der Waals surface area contributed by atoms with Crippen molar-refractivity contribution in [3.8, 4) is 23.6 Å². The Kier molecular flexibility index (Phi) is 4.45. The Hall–Kier alpha value is -3.88. The maximum absolute atomic E-state index is 10.4. The van der Waals surface area contributed by atoms with Crippen LogP contribution in [0.15, 0.2) is 48.5 Å². The zero-order valence-corrected chi connectivity index (χ0v) is 16.4. The van der Waals surface area contributed by atoms with Gasteiger partial charge >= 0.3 is 0 Å². The summed E-state index contributed by atoms with van der Waals surface area (Å²) in [6.07, 6.45) is 0. The van der Waals surface area contributed by atoms with E-state index < -0.39 is 34.7 Å². The van der Waals surface area contributed by atoms with Crippen molar-refractivity contribution in [1.82, 2.24) is 5.32 Å². The second-order valence-electron chi connectivity index (χ2n) is 7.12. The second kappa shape index (κ2) is 6.87. The Morgan fingerprint density at radius 3 is 1.60 bits per heavy atom. The summed E-state index contributed by atoms with van der Waals surface area (Å²) in [6.45, 7) is 0. The van der Waals surface area contributed by atoms with Gasteiger partial charge in [0.05, 0.1) is 38.4 Å². The van der Waals surface area contributed by atoms with Crippen molar-refractivity contribution in [2.24, 2.45) is 10.8 Å². The van der Waals surface area contributed by atoms with E-state index in [-0.39, 0.29) is 0 Å². The molecule has 0 amide bonds. The molecule has 0 unspecified atom stereocenters. The van der Waals surface area contributed by atoms with Gasteiger partial charge in [-0.1, -0.05) is 36.4 Å². The molecule has 0 spiro atoms. The van der Waals surface area contributed by atoms with Crippen molar-refractivity contribution in [2.45, 2.75) is 12.1 Å². The molecule has 2 aromatic carbocycles. The van der Waals surface area contributed by atoms with Crippen LogP contribution in [0.3, 0.4) is 0 Å². The van der Waals surface area contributed by atoms with Crippen LogP contribution in [-0.4, -0.2) is 26.0 Å². The predicted molar refractivity (Wildman–Crippen MR) is 107 cm³/mol. The highest BCUT2D eigenvalue weighted by Gasteiger charge is 2.78. The molecular formula is C22H19N5O3. The van der Waals surface area contributed by atoms with Crippen LogP contribution in [0, 0.1) is 44.3 Å². The molecule has 0 saturated carbocycles. The van der Waals surface area contributed by atoms with Crippen molar-refractivity contribution in [3.63, 3.8) is 0 Å². The van der Waals surface area contributed by atoms with Crippen LogP contribution in [0.25, 0.3) is 0 Å². The normalized spacial score (nSPS) is 29.5. The van der Waals surface area contributed by atoms with Gasteiger partial charge in [-0.2, -0.15) is 10.5 Å². The molecule has 2 aliphatic rings. The molecule has 2 heterocycles. The molecule has 8 heteroatoms. The van der Waals surface area contributed by atoms with Crippen molar-refractivity contribution < 1.29 is 14.2 Å². The largest absolute Gasteiger partial charge is 0.496 e. The average Bonchev–Trinajstić information content (AvgIpc) is 3.21. The fraction of sp³-hybridized carbons (Fsp3) is 0.273. The second-order valence-corrected chi connectivity index (χ2v) is 7.12. The van der Waals surface area contributed by atoms with Gasteiger partial charge in [0.15, 0.2) is 10.8 Å². The molecule has 8 nitrogen and oxygen atoms in total. The molecule has 4 atom stereocenters. The number of para-hydroxylation sites is 2. The summed E-state index contributed by atoms with van der Waals surface area (Å²) in [7, 11) is 3.03. The lowest BCUT2D eigenvalue weighted by Crippen LogP contribution is -2.43. The smallest absolute Gasteiger partial charge is 0.213 e. The molecule has 0 radical (unpaired) electrons. The number of rotatable bonds is 4. The Labute approximate surface area is 173 Å². The van der Waals surface area contributed by atoms with Gasteiger partial charge in [-0.25, -0.2) is 0 Å². The quantitative estimate of drug-likeness (QED) is 0.720. The molecule has 2 fully saturated rings.